The van der Waals surface area contributed by atoms with Gasteiger partial charge in [-0.1, -0.05) is 35.9 Å². The van der Waals surface area contributed by atoms with Gasteiger partial charge in [-0.3, -0.25) is 0 Å². The molecule has 0 amide bonds. The van der Waals surface area contributed by atoms with Crippen molar-refractivity contribution in [3.63, 3.8) is 0 Å². The predicted molar refractivity (Wildman–Crippen MR) is 71.3 cm³/mol. The average molecular weight is 254 g/mol. The molecule has 0 spiro atoms. The van der Waals surface area contributed by atoms with Crippen molar-refractivity contribution in [2.24, 2.45) is 0 Å². The Kier molecular flexibility index (Phi) is 2.56. The zero-order valence-electron chi connectivity index (χ0n) is 10.8. The van der Waals surface area contributed by atoms with Crippen LogP contribution in [-0.2, 0) is 4.74 Å². The third-order valence-electron chi connectivity index (χ3n) is 3.49. The minimum atomic E-state index is -0.460. The number of hydrogen-bond donors (Lipinski definition) is 1. The molecule has 3 nitrogen and oxygen atoms in total. The summed E-state index contributed by atoms with van der Waals surface area (Å²) < 4.78 is 5.42. The van der Waals surface area contributed by atoms with Crippen LogP contribution in [0.3, 0.4) is 0 Å². The molecule has 96 valence electrons. The van der Waals surface area contributed by atoms with Crippen molar-refractivity contribution >= 4 is 5.97 Å². The van der Waals surface area contributed by atoms with Gasteiger partial charge in [-0.2, -0.15) is 0 Å². The standard InChI is InChI=1S/C16H14O3/c1-9-6-7-11(10(2)8-9)15-12-4-3-5-13(17)14(12)16(18)19-15/h3-8,15,17H,1-2H3. The first kappa shape index (κ1) is 11.8. The zero-order valence-corrected chi connectivity index (χ0v) is 10.8. The molecule has 3 heteroatoms. The van der Waals surface area contributed by atoms with Crippen LogP contribution in [0.4, 0.5) is 0 Å². The van der Waals surface area contributed by atoms with Gasteiger partial charge in [0.05, 0.1) is 0 Å². The minimum absolute atomic E-state index is 0.0187. The van der Waals surface area contributed by atoms with Gasteiger partial charge in [0.15, 0.2) is 6.10 Å². The number of carbonyl (C=O) groups excluding carboxylic acids is 1. The number of aromatic hydroxyl groups is 1. The fraction of sp³-hybridized carbons (Fsp3) is 0.188. The first-order valence-electron chi connectivity index (χ1n) is 6.18. The van der Waals surface area contributed by atoms with E-state index in [2.05, 4.69) is 6.07 Å². The molecule has 2 aromatic rings. The summed E-state index contributed by atoms with van der Waals surface area (Å²) in [6.45, 7) is 4.02. The van der Waals surface area contributed by atoms with Gasteiger partial charge in [-0.15, -0.1) is 0 Å². The van der Waals surface area contributed by atoms with Crippen LogP contribution in [0.5, 0.6) is 5.75 Å². The monoisotopic (exact) mass is 254 g/mol. The van der Waals surface area contributed by atoms with Crippen LogP contribution in [0.1, 0.15) is 38.7 Å². The number of benzene rings is 2. The Hall–Kier alpha value is -2.29. The summed E-state index contributed by atoms with van der Waals surface area (Å²) in [5.41, 5.74) is 4.23. The predicted octanol–water partition coefficient (Wildman–Crippen LogP) is 3.27. The number of phenolic OH excluding ortho intramolecular Hbond substituents is 1. The van der Waals surface area contributed by atoms with E-state index in [0.29, 0.717) is 0 Å². The van der Waals surface area contributed by atoms with Crippen LogP contribution in [0.2, 0.25) is 0 Å². The van der Waals surface area contributed by atoms with Crippen molar-refractivity contribution in [2.75, 3.05) is 0 Å². The van der Waals surface area contributed by atoms with E-state index in [-0.39, 0.29) is 11.3 Å². The highest BCUT2D eigenvalue weighted by molar-refractivity contribution is 5.97. The second kappa shape index (κ2) is 4.12. The number of esters is 1. The molecule has 1 N–H and O–H groups in total. The minimum Gasteiger partial charge on any atom is -0.507 e. The third-order valence-corrected chi connectivity index (χ3v) is 3.49. The van der Waals surface area contributed by atoms with Gasteiger partial charge in [0.25, 0.3) is 0 Å². The summed E-state index contributed by atoms with van der Waals surface area (Å²) >= 11 is 0. The topological polar surface area (TPSA) is 46.5 Å². The number of hydrogen-bond acceptors (Lipinski definition) is 3. The molecule has 0 radical (unpaired) electrons. The van der Waals surface area contributed by atoms with E-state index in [1.54, 1.807) is 6.07 Å². The van der Waals surface area contributed by atoms with Crippen LogP contribution in [0.25, 0.3) is 0 Å². The number of ether oxygens (including phenoxy) is 1. The lowest BCUT2D eigenvalue weighted by Gasteiger charge is -2.14. The van der Waals surface area contributed by atoms with E-state index in [4.69, 9.17) is 4.74 Å². The van der Waals surface area contributed by atoms with Crippen molar-refractivity contribution in [3.8, 4) is 5.75 Å². The Morgan fingerprint density at radius 3 is 2.63 bits per heavy atom. The highest BCUT2D eigenvalue weighted by atomic mass is 16.5. The van der Waals surface area contributed by atoms with Crippen molar-refractivity contribution < 1.29 is 14.6 Å². The maximum absolute atomic E-state index is 11.9. The van der Waals surface area contributed by atoms with Gasteiger partial charge in [0.2, 0.25) is 0 Å². The molecule has 19 heavy (non-hydrogen) atoms. The van der Waals surface area contributed by atoms with Gasteiger partial charge in [0, 0.05) is 5.56 Å². The fourth-order valence-electron chi connectivity index (χ4n) is 2.58. The number of aryl methyl sites for hydroxylation is 2. The molecule has 0 saturated heterocycles. The first-order chi connectivity index (χ1) is 9.08. The molecule has 1 aliphatic heterocycles. The molecular weight excluding hydrogens is 240 g/mol. The first-order valence-corrected chi connectivity index (χ1v) is 6.18. The number of phenols is 1. The van der Waals surface area contributed by atoms with Gasteiger partial charge in [-0.25, -0.2) is 4.79 Å². The number of cyclic esters (lactones) is 1. The SMILES string of the molecule is Cc1ccc(C2OC(=O)c3c(O)cccc32)c(C)c1. The van der Waals surface area contributed by atoms with E-state index in [1.807, 2.05) is 32.0 Å². The largest absolute Gasteiger partial charge is 0.507 e. The summed E-state index contributed by atoms with van der Waals surface area (Å²) in [5, 5.41) is 9.78. The van der Waals surface area contributed by atoms with E-state index in [0.717, 1.165) is 16.7 Å². The van der Waals surface area contributed by atoms with Crippen molar-refractivity contribution in [3.05, 3.63) is 64.2 Å². The molecule has 3 rings (SSSR count). The summed E-state index contributed by atoms with van der Waals surface area (Å²) in [4.78, 5) is 11.9. The second-order valence-electron chi connectivity index (χ2n) is 4.89. The summed E-state index contributed by atoms with van der Waals surface area (Å²) in [7, 11) is 0. The van der Waals surface area contributed by atoms with Crippen LogP contribution < -0.4 is 0 Å². The third kappa shape index (κ3) is 1.78. The molecule has 0 fully saturated rings. The smallest absolute Gasteiger partial charge is 0.343 e. The molecular formula is C16H14O3. The van der Waals surface area contributed by atoms with Crippen molar-refractivity contribution in [1.29, 1.82) is 0 Å². The fourth-order valence-corrected chi connectivity index (χ4v) is 2.58. The van der Waals surface area contributed by atoms with E-state index in [9.17, 15) is 9.90 Å². The highest BCUT2D eigenvalue weighted by Crippen LogP contribution is 2.40. The van der Waals surface area contributed by atoms with E-state index in [1.165, 1.54) is 11.6 Å². The van der Waals surface area contributed by atoms with Gasteiger partial charge in [0.1, 0.15) is 11.3 Å². The Morgan fingerprint density at radius 2 is 1.89 bits per heavy atom. The van der Waals surface area contributed by atoms with Gasteiger partial charge >= 0.3 is 5.97 Å². The van der Waals surface area contributed by atoms with Crippen molar-refractivity contribution in [1.82, 2.24) is 0 Å². The van der Waals surface area contributed by atoms with E-state index >= 15 is 0 Å². The molecule has 0 aliphatic carbocycles. The molecule has 1 heterocycles. The van der Waals surface area contributed by atoms with Gasteiger partial charge in [-0.05, 0) is 31.0 Å². The molecule has 0 saturated carbocycles. The summed E-state index contributed by atoms with van der Waals surface area (Å²) in [6, 6.07) is 11.1. The molecule has 2 aromatic carbocycles. The molecule has 1 aliphatic rings. The molecule has 1 unspecified atom stereocenters. The zero-order chi connectivity index (χ0) is 13.6. The number of rotatable bonds is 1. The normalized spacial score (nSPS) is 17.2. The van der Waals surface area contributed by atoms with Crippen molar-refractivity contribution in [2.45, 2.75) is 20.0 Å². The van der Waals surface area contributed by atoms with E-state index < -0.39 is 12.1 Å². The lowest BCUT2D eigenvalue weighted by atomic mass is 9.95. The quantitative estimate of drug-likeness (QED) is 0.794. The van der Waals surface area contributed by atoms with Crippen LogP contribution in [-0.4, -0.2) is 11.1 Å². The molecule has 0 aromatic heterocycles. The maximum Gasteiger partial charge on any atom is 0.343 e. The Bertz CT molecular complexity index is 674. The Labute approximate surface area is 111 Å². The number of fused-ring (bicyclic) bond motifs is 1. The Balaban J connectivity index is 2.15. The molecule has 1 atom stereocenters. The lowest BCUT2D eigenvalue weighted by molar-refractivity contribution is 0.0453. The summed E-state index contributed by atoms with van der Waals surface area (Å²) in [6.07, 6.45) is -0.421. The lowest BCUT2D eigenvalue weighted by Crippen LogP contribution is -2.03. The second-order valence-corrected chi connectivity index (χ2v) is 4.89. The molecule has 0 bridgehead atoms. The Morgan fingerprint density at radius 1 is 1.11 bits per heavy atom. The number of carbonyl (C=O) groups is 1. The summed E-state index contributed by atoms with van der Waals surface area (Å²) in [5.74, 6) is -0.479. The van der Waals surface area contributed by atoms with Crippen LogP contribution >= 0.6 is 0 Å². The maximum atomic E-state index is 11.9. The van der Waals surface area contributed by atoms with Gasteiger partial charge < -0.3 is 9.84 Å². The highest BCUT2D eigenvalue weighted by Gasteiger charge is 2.35. The van der Waals surface area contributed by atoms with Crippen LogP contribution in [0.15, 0.2) is 36.4 Å². The average Bonchev–Trinajstić information content (AvgIpc) is 2.68. The van der Waals surface area contributed by atoms with Crippen LogP contribution in [0, 0.1) is 13.8 Å².